The number of hydrogen-bond donors (Lipinski definition) is 1. The second kappa shape index (κ2) is 10.3. The molecule has 1 aliphatic rings. The van der Waals surface area contributed by atoms with Gasteiger partial charge >= 0.3 is 0 Å². The molecular weight excluding hydrogens is 448 g/mol. The van der Waals surface area contributed by atoms with Crippen molar-refractivity contribution in [3.05, 3.63) is 86.5 Å². The molecule has 0 bridgehead atoms. The van der Waals surface area contributed by atoms with Crippen LogP contribution < -0.4 is 5.56 Å². The van der Waals surface area contributed by atoms with E-state index in [-0.39, 0.29) is 11.6 Å². The number of aromatic nitrogens is 5. The maximum absolute atomic E-state index is 13.2. The molecule has 1 aliphatic carbocycles. The third kappa shape index (κ3) is 4.98. The van der Waals surface area contributed by atoms with Crippen molar-refractivity contribution in [1.82, 2.24) is 30.1 Å². The summed E-state index contributed by atoms with van der Waals surface area (Å²) in [5.74, 6) is 0.903. The number of aryl methyl sites for hydroxylation is 3. The smallest absolute Gasteiger partial charge is 0.252 e. The van der Waals surface area contributed by atoms with Crippen LogP contribution in [0.1, 0.15) is 84.8 Å². The van der Waals surface area contributed by atoms with Crippen molar-refractivity contribution < 1.29 is 0 Å². The Morgan fingerprint density at radius 2 is 1.78 bits per heavy atom. The fourth-order valence-corrected chi connectivity index (χ4v) is 5.69. The summed E-state index contributed by atoms with van der Waals surface area (Å²) in [6.07, 6.45) is 5.53. The Hall–Kier alpha value is -3.32. The van der Waals surface area contributed by atoms with Gasteiger partial charge in [-0.15, -0.1) is 5.10 Å². The van der Waals surface area contributed by atoms with Gasteiger partial charge in [0.05, 0.1) is 12.1 Å². The number of hydrogen-bond acceptors (Lipinski definition) is 5. The van der Waals surface area contributed by atoms with Crippen molar-refractivity contribution in [2.45, 2.75) is 85.0 Å². The van der Waals surface area contributed by atoms with Crippen LogP contribution in [-0.4, -0.2) is 30.1 Å². The van der Waals surface area contributed by atoms with Gasteiger partial charge < -0.3 is 4.98 Å². The Balaban J connectivity index is 1.55. The first kappa shape index (κ1) is 24.4. The van der Waals surface area contributed by atoms with Crippen LogP contribution in [-0.2, 0) is 13.1 Å². The zero-order chi connectivity index (χ0) is 25.2. The zero-order valence-corrected chi connectivity index (χ0v) is 21.8. The molecule has 1 atom stereocenters. The van der Waals surface area contributed by atoms with E-state index < -0.39 is 0 Å². The highest BCUT2D eigenvalue weighted by Crippen LogP contribution is 2.33. The van der Waals surface area contributed by atoms with Gasteiger partial charge in [0, 0.05) is 29.6 Å². The van der Waals surface area contributed by atoms with Crippen LogP contribution in [0.3, 0.4) is 0 Å². The van der Waals surface area contributed by atoms with Gasteiger partial charge in [0.1, 0.15) is 0 Å². The molecule has 5 rings (SSSR count). The van der Waals surface area contributed by atoms with E-state index in [2.05, 4.69) is 94.2 Å². The van der Waals surface area contributed by atoms with E-state index in [4.69, 9.17) is 0 Å². The Morgan fingerprint density at radius 3 is 2.50 bits per heavy atom. The molecule has 2 aromatic carbocycles. The van der Waals surface area contributed by atoms with Crippen LogP contribution in [0.4, 0.5) is 0 Å². The molecule has 2 heterocycles. The Labute approximate surface area is 212 Å². The molecule has 7 nitrogen and oxygen atoms in total. The highest BCUT2D eigenvalue weighted by atomic mass is 16.1. The van der Waals surface area contributed by atoms with E-state index >= 15 is 0 Å². The highest BCUT2D eigenvalue weighted by Gasteiger charge is 2.29. The number of rotatable bonds is 8. The van der Waals surface area contributed by atoms with Crippen LogP contribution in [0.25, 0.3) is 10.9 Å². The molecule has 1 fully saturated rings. The van der Waals surface area contributed by atoms with Gasteiger partial charge in [-0.05, 0) is 79.3 Å². The third-order valence-electron chi connectivity index (χ3n) is 7.58. The van der Waals surface area contributed by atoms with Crippen LogP contribution >= 0.6 is 0 Å². The number of fused-ring (bicyclic) bond motifs is 1. The van der Waals surface area contributed by atoms with Crippen molar-refractivity contribution in [2.75, 3.05) is 0 Å². The largest absolute Gasteiger partial charge is 0.322 e. The average Bonchev–Trinajstić information content (AvgIpc) is 3.54. The van der Waals surface area contributed by atoms with E-state index in [0.29, 0.717) is 19.1 Å². The quantitative estimate of drug-likeness (QED) is 0.347. The standard InChI is InChI=1S/C29H36N6O/c1-5-27(28-31-32-33-35(28)24-8-6-7-9-24)34(17-22-12-10-19(2)11-13-22)18-23-16-25-21(4)14-20(3)15-26(25)30-29(23)36/h10-16,24,27H,5-9,17-18H2,1-4H3,(H,30,36)/t27-/m1/s1. The lowest BCUT2D eigenvalue weighted by molar-refractivity contribution is 0.158. The molecule has 7 heteroatoms. The lowest BCUT2D eigenvalue weighted by Crippen LogP contribution is -2.32. The van der Waals surface area contributed by atoms with Crippen molar-refractivity contribution >= 4 is 10.9 Å². The summed E-state index contributed by atoms with van der Waals surface area (Å²) in [5.41, 5.74) is 6.39. The second-order valence-electron chi connectivity index (χ2n) is 10.4. The van der Waals surface area contributed by atoms with E-state index in [1.165, 1.54) is 29.5 Å². The topological polar surface area (TPSA) is 79.7 Å². The van der Waals surface area contributed by atoms with Gasteiger partial charge in [0.15, 0.2) is 5.82 Å². The number of H-pyrrole nitrogens is 1. The zero-order valence-electron chi connectivity index (χ0n) is 21.8. The Kier molecular flexibility index (Phi) is 7.01. The molecule has 1 saturated carbocycles. The maximum atomic E-state index is 13.2. The van der Waals surface area contributed by atoms with Gasteiger partial charge in [-0.2, -0.15) is 0 Å². The van der Waals surface area contributed by atoms with E-state index in [9.17, 15) is 4.79 Å². The average molecular weight is 485 g/mol. The van der Waals surface area contributed by atoms with Crippen molar-refractivity contribution in [2.24, 2.45) is 0 Å². The number of benzene rings is 2. The molecule has 36 heavy (non-hydrogen) atoms. The van der Waals surface area contributed by atoms with Crippen LogP contribution in [0.5, 0.6) is 0 Å². The first-order valence-corrected chi connectivity index (χ1v) is 13.1. The summed E-state index contributed by atoms with van der Waals surface area (Å²) >= 11 is 0. The van der Waals surface area contributed by atoms with Crippen molar-refractivity contribution in [3.8, 4) is 0 Å². The Bertz CT molecular complexity index is 1400. The predicted molar refractivity (Wildman–Crippen MR) is 143 cm³/mol. The fourth-order valence-electron chi connectivity index (χ4n) is 5.69. The van der Waals surface area contributed by atoms with Gasteiger partial charge in [0.2, 0.25) is 0 Å². The molecule has 0 radical (unpaired) electrons. The summed E-state index contributed by atoms with van der Waals surface area (Å²) in [4.78, 5) is 18.7. The third-order valence-corrected chi connectivity index (χ3v) is 7.58. The Morgan fingerprint density at radius 1 is 1.03 bits per heavy atom. The first-order valence-electron chi connectivity index (χ1n) is 13.1. The molecule has 0 spiro atoms. The minimum Gasteiger partial charge on any atom is -0.322 e. The van der Waals surface area contributed by atoms with Crippen LogP contribution in [0.15, 0.2) is 47.3 Å². The number of pyridine rings is 1. The monoisotopic (exact) mass is 484 g/mol. The molecular formula is C29H36N6O. The van der Waals surface area contributed by atoms with Gasteiger partial charge in [-0.1, -0.05) is 55.7 Å². The number of aromatic amines is 1. The summed E-state index contributed by atoms with van der Waals surface area (Å²) in [6.45, 7) is 9.67. The molecule has 0 amide bonds. The van der Waals surface area contributed by atoms with E-state index in [1.54, 1.807) is 0 Å². The first-order chi connectivity index (χ1) is 17.4. The van der Waals surface area contributed by atoms with Crippen molar-refractivity contribution in [3.63, 3.8) is 0 Å². The highest BCUT2D eigenvalue weighted by molar-refractivity contribution is 5.83. The van der Waals surface area contributed by atoms with E-state index in [1.807, 2.05) is 6.07 Å². The lowest BCUT2D eigenvalue weighted by atomic mass is 10.0. The van der Waals surface area contributed by atoms with Gasteiger partial charge in [0.25, 0.3) is 5.56 Å². The molecule has 0 unspecified atom stereocenters. The normalized spacial score (nSPS) is 15.2. The predicted octanol–water partition coefficient (Wildman–Crippen LogP) is 5.71. The summed E-state index contributed by atoms with van der Waals surface area (Å²) < 4.78 is 2.06. The number of nitrogens with one attached hydrogen (secondary N) is 1. The van der Waals surface area contributed by atoms with Gasteiger partial charge in [-0.25, -0.2) is 4.68 Å². The summed E-state index contributed by atoms with van der Waals surface area (Å²) in [7, 11) is 0. The fraction of sp³-hybridized carbons (Fsp3) is 0.448. The lowest BCUT2D eigenvalue weighted by Gasteiger charge is -2.31. The second-order valence-corrected chi connectivity index (χ2v) is 10.4. The molecule has 2 aromatic heterocycles. The minimum atomic E-state index is -0.0355. The molecule has 188 valence electrons. The number of tetrazole rings is 1. The van der Waals surface area contributed by atoms with Crippen LogP contribution in [0.2, 0.25) is 0 Å². The maximum Gasteiger partial charge on any atom is 0.252 e. The SMILES string of the molecule is CC[C@H](c1nnnn1C1CCCC1)N(Cc1ccc(C)cc1)Cc1cc2c(C)cc(C)cc2[nH]c1=O. The van der Waals surface area contributed by atoms with Crippen molar-refractivity contribution in [1.29, 1.82) is 0 Å². The van der Waals surface area contributed by atoms with Crippen LogP contribution in [0, 0.1) is 20.8 Å². The summed E-state index contributed by atoms with van der Waals surface area (Å²) in [6, 6.07) is 15.3. The van der Waals surface area contributed by atoms with Gasteiger partial charge in [-0.3, -0.25) is 9.69 Å². The minimum absolute atomic E-state index is 0.00360. The summed E-state index contributed by atoms with van der Waals surface area (Å²) in [5, 5.41) is 14.1. The molecule has 0 aliphatic heterocycles. The molecule has 0 saturated heterocycles. The molecule has 1 N–H and O–H groups in total. The molecule has 4 aromatic rings. The van der Waals surface area contributed by atoms with E-state index in [0.717, 1.165) is 47.1 Å². The number of nitrogens with zero attached hydrogens (tertiary/aromatic N) is 5.